The molecule has 0 spiro atoms. The van der Waals surface area contributed by atoms with Crippen LogP contribution in [0.3, 0.4) is 0 Å². The first-order valence-electron chi connectivity index (χ1n) is 5.81. The highest BCUT2D eigenvalue weighted by Gasteiger charge is 2.12. The minimum absolute atomic E-state index is 0.0258. The van der Waals surface area contributed by atoms with Gasteiger partial charge in [-0.3, -0.25) is 23.7 Å². The van der Waals surface area contributed by atoms with Crippen LogP contribution in [0.2, 0.25) is 0 Å². The van der Waals surface area contributed by atoms with E-state index < -0.39 is 22.8 Å². The zero-order chi connectivity index (χ0) is 14.9. The molecular weight excluding hydrogens is 265 g/mol. The van der Waals surface area contributed by atoms with Crippen molar-refractivity contribution in [3.63, 3.8) is 0 Å². The zero-order valence-corrected chi connectivity index (χ0v) is 11.0. The number of hydrogen-bond acceptors (Lipinski definition) is 4. The van der Waals surface area contributed by atoms with Crippen LogP contribution in [0, 0.1) is 5.82 Å². The number of halogens is 1. The van der Waals surface area contributed by atoms with Crippen molar-refractivity contribution >= 4 is 5.78 Å². The monoisotopic (exact) mass is 277 g/mol. The summed E-state index contributed by atoms with van der Waals surface area (Å²) in [6.07, 6.45) is 3.65. The Labute approximate surface area is 113 Å². The lowest BCUT2D eigenvalue weighted by Gasteiger charge is -2.09. The molecule has 0 N–H and O–H groups in total. The van der Waals surface area contributed by atoms with Crippen LogP contribution in [-0.4, -0.2) is 19.9 Å². The van der Waals surface area contributed by atoms with Crippen LogP contribution in [0.25, 0.3) is 0 Å². The summed E-state index contributed by atoms with van der Waals surface area (Å²) in [7, 11) is 1.29. The molecule has 2 heterocycles. The summed E-state index contributed by atoms with van der Waals surface area (Å²) < 4.78 is 15.1. The Morgan fingerprint density at radius 1 is 1.35 bits per heavy atom. The number of pyridine rings is 1. The molecule has 0 bridgehead atoms. The fourth-order valence-corrected chi connectivity index (χ4v) is 1.82. The molecule has 2 aromatic rings. The first-order valence-corrected chi connectivity index (χ1v) is 5.81. The Hall–Kier alpha value is -2.57. The van der Waals surface area contributed by atoms with E-state index >= 15 is 0 Å². The van der Waals surface area contributed by atoms with Gasteiger partial charge < -0.3 is 0 Å². The van der Waals surface area contributed by atoms with Gasteiger partial charge in [0.25, 0.3) is 5.56 Å². The maximum Gasteiger partial charge on any atom is 0.331 e. The van der Waals surface area contributed by atoms with Gasteiger partial charge in [-0.15, -0.1) is 0 Å². The normalized spacial score (nSPS) is 10.6. The summed E-state index contributed by atoms with van der Waals surface area (Å²) in [6.45, 7) is 1.27. The molecule has 0 aliphatic heterocycles. The van der Waals surface area contributed by atoms with Gasteiger partial charge in [-0.1, -0.05) is 0 Å². The largest absolute Gasteiger partial charge is 0.331 e. The quantitative estimate of drug-likeness (QED) is 0.758. The highest BCUT2D eigenvalue weighted by molar-refractivity contribution is 5.93. The van der Waals surface area contributed by atoms with E-state index in [1.165, 1.54) is 37.0 Å². The van der Waals surface area contributed by atoms with Gasteiger partial charge in [0.05, 0.1) is 18.3 Å². The molecule has 0 aliphatic rings. The Balaban J connectivity index is 2.55. The van der Waals surface area contributed by atoms with Gasteiger partial charge >= 0.3 is 5.69 Å². The van der Waals surface area contributed by atoms with Crippen molar-refractivity contribution in [1.29, 1.82) is 0 Å². The van der Waals surface area contributed by atoms with Crippen LogP contribution in [-0.2, 0) is 13.6 Å². The second-order valence-electron chi connectivity index (χ2n) is 4.39. The predicted octanol–water partition coefficient (Wildman–Crippen LogP) is 0.332. The average Bonchev–Trinajstić information content (AvgIpc) is 2.39. The van der Waals surface area contributed by atoms with Crippen molar-refractivity contribution < 1.29 is 9.18 Å². The molecule has 0 saturated carbocycles. The van der Waals surface area contributed by atoms with Crippen molar-refractivity contribution in [3.05, 3.63) is 62.4 Å². The minimum atomic E-state index is -0.642. The van der Waals surface area contributed by atoms with E-state index in [0.29, 0.717) is 5.56 Å². The number of hydrogen-bond donors (Lipinski definition) is 0. The first-order chi connectivity index (χ1) is 9.40. The molecule has 0 aromatic carbocycles. The fraction of sp³-hybridized carbons (Fsp3) is 0.231. The number of aromatic nitrogens is 3. The Kier molecular flexibility index (Phi) is 3.60. The molecule has 0 radical (unpaired) electrons. The first kappa shape index (κ1) is 13.9. The van der Waals surface area contributed by atoms with Crippen molar-refractivity contribution in [2.24, 2.45) is 7.05 Å². The van der Waals surface area contributed by atoms with Crippen molar-refractivity contribution in [1.82, 2.24) is 14.1 Å². The number of ketones is 1. The molecule has 2 rings (SSSR count). The highest BCUT2D eigenvalue weighted by Crippen LogP contribution is 2.02. The molecule has 0 unspecified atom stereocenters. The van der Waals surface area contributed by atoms with E-state index in [9.17, 15) is 18.8 Å². The van der Waals surface area contributed by atoms with Crippen molar-refractivity contribution in [3.8, 4) is 0 Å². The molecule has 0 atom stereocenters. The van der Waals surface area contributed by atoms with Crippen LogP contribution >= 0.6 is 0 Å². The lowest BCUT2D eigenvalue weighted by molar-refractivity contribution is 0.101. The maximum atomic E-state index is 13.1. The molecule has 0 fully saturated rings. The van der Waals surface area contributed by atoms with E-state index in [1.807, 2.05) is 0 Å². The summed E-state index contributed by atoms with van der Waals surface area (Å²) in [5.41, 5.74) is -0.850. The summed E-state index contributed by atoms with van der Waals surface area (Å²) in [5, 5.41) is 0. The number of rotatable bonds is 3. The molecule has 2 aromatic heterocycles. The zero-order valence-electron chi connectivity index (χ0n) is 11.0. The van der Waals surface area contributed by atoms with E-state index in [4.69, 9.17) is 0 Å². The number of Topliss-reactive ketones (excluding diaryl/α,β-unsaturated/α-hetero) is 1. The summed E-state index contributed by atoms with van der Waals surface area (Å²) in [4.78, 5) is 38.8. The topological polar surface area (TPSA) is 74.0 Å². The van der Waals surface area contributed by atoms with E-state index in [-0.39, 0.29) is 12.1 Å². The Bertz CT molecular complexity index is 792. The average molecular weight is 277 g/mol. The molecule has 104 valence electrons. The standard InChI is InChI=1S/C13H12FN3O3/c1-8(18)11-7-17(13(20)16(2)12(11)19)6-9-3-10(14)5-15-4-9/h3-5,7H,6H2,1-2H3. The second-order valence-corrected chi connectivity index (χ2v) is 4.39. The third-order valence-electron chi connectivity index (χ3n) is 2.85. The SMILES string of the molecule is CC(=O)c1cn(Cc2cncc(F)c2)c(=O)n(C)c1=O. The van der Waals surface area contributed by atoms with Gasteiger partial charge in [0.1, 0.15) is 5.82 Å². The molecule has 0 aliphatic carbocycles. The Morgan fingerprint density at radius 2 is 2.05 bits per heavy atom. The smallest absolute Gasteiger partial charge is 0.295 e. The molecular formula is C13H12FN3O3. The van der Waals surface area contributed by atoms with Crippen LogP contribution in [0.1, 0.15) is 22.8 Å². The van der Waals surface area contributed by atoms with Crippen molar-refractivity contribution in [2.45, 2.75) is 13.5 Å². The second kappa shape index (κ2) is 5.20. The fourth-order valence-electron chi connectivity index (χ4n) is 1.82. The maximum absolute atomic E-state index is 13.1. The minimum Gasteiger partial charge on any atom is -0.295 e. The van der Waals surface area contributed by atoms with Crippen LogP contribution in [0.15, 0.2) is 34.2 Å². The van der Waals surface area contributed by atoms with E-state index in [1.54, 1.807) is 0 Å². The van der Waals surface area contributed by atoms with E-state index in [2.05, 4.69) is 4.98 Å². The molecule has 0 amide bonds. The van der Waals surface area contributed by atoms with Gasteiger partial charge in [0, 0.05) is 19.4 Å². The third-order valence-corrected chi connectivity index (χ3v) is 2.85. The lowest BCUT2D eigenvalue weighted by Crippen LogP contribution is -2.40. The van der Waals surface area contributed by atoms with Gasteiger partial charge in [0.2, 0.25) is 0 Å². The summed E-state index contributed by atoms with van der Waals surface area (Å²) >= 11 is 0. The van der Waals surface area contributed by atoms with Gasteiger partial charge in [-0.25, -0.2) is 9.18 Å². The molecule has 6 nitrogen and oxygen atoms in total. The van der Waals surface area contributed by atoms with Crippen LogP contribution < -0.4 is 11.2 Å². The lowest BCUT2D eigenvalue weighted by atomic mass is 10.2. The number of nitrogens with zero attached hydrogens (tertiary/aromatic N) is 3. The molecule has 0 saturated heterocycles. The van der Waals surface area contributed by atoms with Gasteiger partial charge in [-0.05, 0) is 18.6 Å². The molecule has 20 heavy (non-hydrogen) atoms. The summed E-state index contributed by atoms with van der Waals surface area (Å²) in [5.74, 6) is -0.955. The summed E-state index contributed by atoms with van der Waals surface area (Å²) in [6, 6.07) is 1.23. The Morgan fingerprint density at radius 3 is 2.65 bits per heavy atom. The number of carbonyl (C=O) groups excluding carboxylic acids is 1. The van der Waals surface area contributed by atoms with Gasteiger partial charge in [-0.2, -0.15) is 0 Å². The highest BCUT2D eigenvalue weighted by atomic mass is 19.1. The van der Waals surface area contributed by atoms with Crippen LogP contribution in [0.5, 0.6) is 0 Å². The van der Waals surface area contributed by atoms with Crippen LogP contribution in [0.4, 0.5) is 4.39 Å². The van der Waals surface area contributed by atoms with Gasteiger partial charge in [0.15, 0.2) is 5.78 Å². The predicted molar refractivity (Wildman–Crippen MR) is 69.2 cm³/mol. The third kappa shape index (κ3) is 2.56. The molecule has 7 heteroatoms. The van der Waals surface area contributed by atoms with Crippen molar-refractivity contribution in [2.75, 3.05) is 0 Å². The number of carbonyl (C=O) groups is 1. The van der Waals surface area contributed by atoms with E-state index in [0.717, 1.165) is 10.8 Å².